The van der Waals surface area contributed by atoms with Crippen molar-refractivity contribution in [2.75, 3.05) is 10.6 Å². The lowest BCUT2D eigenvalue weighted by atomic mass is 10.1. The molecule has 0 saturated carbocycles. The fourth-order valence-corrected chi connectivity index (χ4v) is 2.84. The zero-order valence-corrected chi connectivity index (χ0v) is 15.4. The van der Waals surface area contributed by atoms with Gasteiger partial charge >= 0.3 is 0 Å². The first kappa shape index (κ1) is 17.6. The number of aromatic nitrogens is 2. The van der Waals surface area contributed by atoms with Gasteiger partial charge in [0, 0.05) is 17.4 Å². The van der Waals surface area contributed by atoms with Crippen LogP contribution in [-0.2, 0) is 0 Å². The molecule has 3 aromatic rings. The van der Waals surface area contributed by atoms with E-state index in [2.05, 4.69) is 26.7 Å². The first-order valence-corrected chi connectivity index (χ1v) is 8.49. The van der Waals surface area contributed by atoms with Crippen LogP contribution in [0.5, 0.6) is 0 Å². The predicted molar refractivity (Wildman–Crippen MR) is 105 cm³/mol. The van der Waals surface area contributed by atoms with Crippen molar-refractivity contribution in [2.45, 2.75) is 27.7 Å². The van der Waals surface area contributed by atoms with Crippen molar-refractivity contribution >= 4 is 23.1 Å². The number of hydrogen-bond acceptors (Lipinski definition) is 4. The molecule has 0 radical (unpaired) electrons. The Morgan fingerprint density at radius 1 is 0.885 bits per heavy atom. The summed E-state index contributed by atoms with van der Waals surface area (Å²) in [7, 11) is 0. The van der Waals surface area contributed by atoms with Gasteiger partial charge in [-0.25, -0.2) is 9.97 Å². The van der Waals surface area contributed by atoms with Crippen LogP contribution in [0.1, 0.15) is 33.0 Å². The Morgan fingerprint density at radius 3 is 2.27 bits per heavy atom. The van der Waals surface area contributed by atoms with E-state index in [0.717, 1.165) is 28.1 Å². The Morgan fingerprint density at radius 2 is 1.58 bits per heavy atom. The van der Waals surface area contributed by atoms with Crippen molar-refractivity contribution in [3.63, 3.8) is 0 Å². The Hall–Kier alpha value is -3.21. The molecular formula is C21H22N4O. The second kappa shape index (κ2) is 7.35. The van der Waals surface area contributed by atoms with Crippen molar-refractivity contribution in [1.29, 1.82) is 0 Å². The number of hydrogen-bond donors (Lipinski definition) is 2. The number of nitrogens with one attached hydrogen (secondary N) is 2. The molecular weight excluding hydrogens is 324 g/mol. The van der Waals surface area contributed by atoms with E-state index in [9.17, 15) is 4.79 Å². The van der Waals surface area contributed by atoms with Gasteiger partial charge in [-0.05, 0) is 62.6 Å². The number of benzene rings is 2. The van der Waals surface area contributed by atoms with E-state index in [4.69, 9.17) is 0 Å². The summed E-state index contributed by atoms with van der Waals surface area (Å²) in [4.78, 5) is 21.3. The average Bonchev–Trinajstić information content (AvgIpc) is 2.55. The van der Waals surface area contributed by atoms with Crippen LogP contribution in [0.3, 0.4) is 0 Å². The van der Waals surface area contributed by atoms with Crippen molar-refractivity contribution in [1.82, 2.24) is 9.97 Å². The summed E-state index contributed by atoms with van der Waals surface area (Å²) in [5.74, 6) is 0.875. The lowest BCUT2D eigenvalue weighted by Crippen LogP contribution is -2.15. The summed E-state index contributed by atoms with van der Waals surface area (Å²) in [6.45, 7) is 7.80. The molecule has 3 rings (SSSR count). The van der Waals surface area contributed by atoms with Gasteiger partial charge in [0.1, 0.15) is 17.3 Å². The summed E-state index contributed by atoms with van der Waals surface area (Å²) in [5.41, 5.74) is 5.34. The molecule has 0 aliphatic rings. The summed E-state index contributed by atoms with van der Waals surface area (Å²) < 4.78 is 0. The van der Waals surface area contributed by atoms with Gasteiger partial charge in [0.15, 0.2) is 0 Å². The highest BCUT2D eigenvalue weighted by atomic mass is 16.1. The van der Waals surface area contributed by atoms with Gasteiger partial charge in [-0.3, -0.25) is 4.79 Å². The zero-order chi connectivity index (χ0) is 18.7. The molecule has 0 aliphatic heterocycles. The summed E-state index contributed by atoms with van der Waals surface area (Å²) in [6.07, 6.45) is 0. The lowest BCUT2D eigenvalue weighted by Gasteiger charge is -2.11. The minimum atomic E-state index is -0.256. The van der Waals surface area contributed by atoms with E-state index >= 15 is 0 Å². The van der Waals surface area contributed by atoms with Gasteiger partial charge in [-0.2, -0.15) is 0 Å². The van der Waals surface area contributed by atoms with Crippen molar-refractivity contribution in [3.05, 3.63) is 76.7 Å². The third kappa shape index (κ3) is 4.25. The fourth-order valence-electron chi connectivity index (χ4n) is 2.84. The van der Waals surface area contributed by atoms with Crippen LogP contribution in [0.4, 0.5) is 17.2 Å². The van der Waals surface area contributed by atoms with Gasteiger partial charge in [0.25, 0.3) is 5.91 Å². The molecule has 0 atom stereocenters. The monoisotopic (exact) mass is 346 g/mol. The lowest BCUT2D eigenvalue weighted by molar-refractivity contribution is 0.102. The average molecular weight is 346 g/mol. The maximum Gasteiger partial charge on any atom is 0.274 e. The number of nitrogens with zero attached hydrogens (tertiary/aromatic N) is 2. The Bertz CT molecular complexity index is 946. The minimum Gasteiger partial charge on any atom is -0.340 e. The molecule has 2 aromatic carbocycles. The second-order valence-corrected chi connectivity index (χ2v) is 6.46. The molecule has 0 bridgehead atoms. The van der Waals surface area contributed by atoms with Crippen molar-refractivity contribution < 1.29 is 4.79 Å². The van der Waals surface area contributed by atoms with Crippen LogP contribution in [0.25, 0.3) is 0 Å². The van der Waals surface area contributed by atoms with E-state index in [1.54, 1.807) is 13.0 Å². The van der Waals surface area contributed by atoms with Crippen LogP contribution < -0.4 is 10.6 Å². The van der Waals surface area contributed by atoms with Gasteiger partial charge in [0.2, 0.25) is 0 Å². The molecule has 0 spiro atoms. The zero-order valence-electron chi connectivity index (χ0n) is 15.4. The van der Waals surface area contributed by atoms with Gasteiger partial charge < -0.3 is 10.6 Å². The van der Waals surface area contributed by atoms with Crippen molar-refractivity contribution in [2.24, 2.45) is 0 Å². The van der Waals surface area contributed by atoms with Crippen LogP contribution >= 0.6 is 0 Å². The largest absolute Gasteiger partial charge is 0.340 e. The topological polar surface area (TPSA) is 66.9 Å². The summed E-state index contributed by atoms with van der Waals surface area (Å²) in [5, 5.41) is 6.17. The number of carbonyl (C=O) groups excluding carboxylic acids is 1. The maximum absolute atomic E-state index is 12.6. The molecule has 2 N–H and O–H groups in total. The summed E-state index contributed by atoms with van der Waals surface area (Å²) >= 11 is 0. The van der Waals surface area contributed by atoms with Crippen LogP contribution in [0.15, 0.2) is 48.5 Å². The predicted octanol–water partition coefficient (Wildman–Crippen LogP) is 4.71. The van der Waals surface area contributed by atoms with E-state index in [1.165, 1.54) is 0 Å². The Labute approximate surface area is 153 Å². The molecule has 0 fully saturated rings. The molecule has 1 heterocycles. The Balaban J connectivity index is 1.84. The number of aryl methyl sites for hydroxylation is 4. The van der Waals surface area contributed by atoms with Gasteiger partial charge in [-0.15, -0.1) is 0 Å². The maximum atomic E-state index is 12.6. The summed E-state index contributed by atoms with van der Waals surface area (Å²) in [6, 6.07) is 15.5. The van der Waals surface area contributed by atoms with Gasteiger partial charge in [0.05, 0.1) is 0 Å². The molecule has 26 heavy (non-hydrogen) atoms. The molecule has 1 amide bonds. The number of carbonyl (C=O) groups is 1. The third-order valence-electron chi connectivity index (χ3n) is 3.96. The fraction of sp³-hybridized carbons (Fsp3) is 0.190. The van der Waals surface area contributed by atoms with Gasteiger partial charge in [-0.1, -0.05) is 24.3 Å². The highest BCUT2D eigenvalue weighted by molar-refractivity contribution is 6.03. The van der Waals surface area contributed by atoms with Crippen molar-refractivity contribution in [3.8, 4) is 0 Å². The van der Waals surface area contributed by atoms with E-state index in [-0.39, 0.29) is 5.91 Å². The van der Waals surface area contributed by atoms with Crippen LogP contribution in [-0.4, -0.2) is 15.9 Å². The standard InChI is InChI=1S/C21H22N4O/c1-13-9-14(2)11-17(10-13)24-21(26)19-12-20(23-16(4)22-19)25-18-8-6-5-7-15(18)3/h5-12H,1-4H3,(H,24,26)(H,22,23,25). The second-order valence-electron chi connectivity index (χ2n) is 6.46. The highest BCUT2D eigenvalue weighted by Gasteiger charge is 2.12. The molecule has 1 aromatic heterocycles. The highest BCUT2D eigenvalue weighted by Crippen LogP contribution is 2.20. The van der Waals surface area contributed by atoms with E-state index < -0.39 is 0 Å². The number of rotatable bonds is 4. The minimum absolute atomic E-state index is 0.256. The van der Waals surface area contributed by atoms with E-state index in [0.29, 0.717) is 17.3 Å². The Kier molecular flexibility index (Phi) is 4.98. The number of amides is 1. The quantitative estimate of drug-likeness (QED) is 0.718. The third-order valence-corrected chi connectivity index (χ3v) is 3.96. The first-order valence-electron chi connectivity index (χ1n) is 8.49. The van der Waals surface area contributed by atoms with E-state index in [1.807, 2.05) is 57.2 Å². The molecule has 0 saturated heterocycles. The molecule has 5 heteroatoms. The van der Waals surface area contributed by atoms with Crippen LogP contribution in [0, 0.1) is 27.7 Å². The number of anilines is 3. The molecule has 0 aliphatic carbocycles. The SMILES string of the molecule is Cc1cc(C)cc(NC(=O)c2cc(Nc3ccccc3C)nc(C)n2)c1. The normalized spacial score (nSPS) is 10.5. The number of para-hydroxylation sites is 1. The smallest absolute Gasteiger partial charge is 0.274 e. The van der Waals surface area contributed by atoms with Crippen LogP contribution in [0.2, 0.25) is 0 Å². The molecule has 5 nitrogen and oxygen atoms in total. The first-order chi connectivity index (χ1) is 12.4. The molecule has 0 unspecified atom stereocenters. The molecule has 132 valence electrons.